The van der Waals surface area contributed by atoms with Crippen molar-refractivity contribution in [3.63, 3.8) is 0 Å². The number of hydrogen-bond donors (Lipinski definition) is 1. The van der Waals surface area contributed by atoms with Crippen LogP contribution >= 0.6 is 0 Å². The smallest absolute Gasteiger partial charge is 0.146 e. The fourth-order valence-electron chi connectivity index (χ4n) is 1.08. The van der Waals surface area contributed by atoms with Crippen molar-refractivity contribution in [3.8, 4) is 0 Å². The maximum atomic E-state index is 13.1. The molecule has 2 nitrogen and oxygen atoms in total. The lowest BCUT2D eigenvalue weighted by Gasteiger charge is -2.09. The van der Waals surface area contributed by atoms with Crippen LogP contribution < -0.4 is 5.32 Å². The van der Waals surface area contributed by atoms with Crippen LogP contribution in [0.3, 0.4) is 0 Å². The van der Waals surface area contributed by atoms with Crippen molar-refractivity contribution in [2.24, 2.45) is 0 Å². The second-order valence-electron chi connectivity index (χ2n) is 3.33. The standard InChI is InChI=1S/C11H16FNO/c1-9(2)14-8-7-13-11-6-4-3-5-10(11)12/h3-6,9,13H,7-8H2,1-2H3. The molecule has 0 saturated carbocycles. The number of anilines is 1. The Kier molecular flexibility index (Phi) is 4.40. The van der Waals surface area contributed by atoms with Gasteiger partial charge in [0.25, 0.3) is 0 Å². The Morgan fingerprint density at radius 1 is 1.36 bits per heavy atom. The third-order valence-corrected chi connectivity index (χ3v) is 1.74. The third kappa shape index (κ3) is 3.75. The van der Waals surface area contributed by atoms with Crippen LogP contribution in [-0.2, 0) is 4.74 Å². The molecule has 0 spiro atoms. The summed E-state index contributed by atoms with van der Waals surface area (Å²) in [6.45, 7) is 5.16. The van der Waals surface area contributed by atoms with E-state index in [1.807, 2.05) is 13.8 Å². The first-order valence-corrected chi connectivity index (χ1v) is 4.80. The Hall–Kier alpha value is -1.09. The van der Waals surface area contributed by atoms with Gasteiger partial charge in [0.05, 0.1) is 18.4 Å². The maximum absolute atomic E-state index is 13.1. The van der Waals surface area contributed by atoms with Gasteiger partial charge in [-0.3, -0.25) is 0 Å². The highest BCUT2D eigenvalue weighted by atomic mass is 19.1. The van der Waals surface area contributed by atoms with Crippen molar-refractivity contribution in [1.82, 2.24) is 0 Å². The molecule has 0 aliphatic carbocycles. The Balaban J connectivity index is 2.28. The molecule has 0 aliphatic heterocycles. The molecule has 0 atom stereocenters. The zero-order valence-corrected chi connectivity index (χ0v) is 8.59. The maximum Gasteiger partial charge on any atom is 0.146 e. The van der Waals surface area contributed by atoms with Gasteiger partial charge in [0.2, 0.25) is 0 Å². The highest BCUT2D eigenvalue weighted by molar-refractivity contribution is 5.44. The summed E-state index contributed by atoms with van der Waals surface area (Å²) in [5, 5.41) is 2.97. The molecule has 0 fully saturated rings. The summed E-state index contributed by atoms with van der Waals surface area (Å²) in [5.41, 5.74) is 0.528. The van der Waals surface area contributed by atoms with Gasteiger partial charge in [-0.1, -0.05) is 12.1 Å². The number of benzene rings is 1. The largest absolute Gasteiger partial charge is 0.380 e. The zero-order chi connectivity index (χ0) is 10.4. The van der Waals surface area contributed by atoms with E-state index in [0.29, 0.717) is 18.8 Å². The molecule has 0 aliphatic rings. The second kappa shape index (κ2) is 5.60. The van der Waals surface area contributed by atoms with Crippen LogP contribution in [0.4, 0.5) is 10.1 Å². The van der Waals surface area contributed by atoms with Crippen LogP contribution in [-0.4, -0.2) is 19.3 Å². The van der Waals surface area contributed by atoms with E-state index in [2.05, 4.69) is 5.32 Å². The fraction of sp³-hybridized carbons (Fsp3) is 0.455. The number of ether oxygens (including phenoxy) is 1. The molecule has 3 heteroatoms. The van der Waals surface area contributed by atoms with E-state index in [9.17, 15) is 4.39 Å². The SMILES string of the molecule is CC(C)OCCNc1ccccc1F. The van der Waals surface area contributed by atoms with Crippen LogP contribution in [0.1, 0.15) is 13.8 Å². The predicted octanol–water partition coefficient (Wildman–Crippen LogP) is 2.66. The molecule has 78 valence electrons. The van der Waals surface area contributed by atoms with E-state index in [-0.39, 0.29) is 11.9 Å². The molecule has 0 unspecified atom stereocenters. The summed E-state index contributed by atoms with van der Waals surface area (Å²) in [6.07, 6.45) is 0.220. The van der Waals surface area contributed by atoms with Crippen LogP contribution in [0, 0.1) is 5.82 Å². The van der Waals surface area contributed by atoms with E-state index in [1.54, 1.807) is 18.2 Å². The molecule has 14 heavy (non-hydrogen) atoms. The van der Waals surface area contributed by atoms with Gasteiger partial charge in [0.1, 0.15) is 5.82 Å². The lowest BCUT2D eigenvalue weighted by atomic mass is 10.3. The molecule has 1 aromatic carbocycles. The van der Waals surface area contributed by atoms with E-state index < -0.39 is 0 Å². The van der Waals surface area contributed by atoms with E-state index >= 15 is 0 Å². The quantitative estimate of drug-likeness (QED) is 0.733. The van der Waals surface area contributed by atoms with Crippen molar-refractivity contribution < 1.29 is 9.13 Å². The molecule has 0 saturated heterocycles. The molecule has 1 rings (SSSR count). The van der Waals surface area contributed by atoms with Gasteiger partial charge in [0, 0.05) is 6.54 Å². The van der Waals surface area contributed by atoms with E-state index in [0.717, 1.165) is 0 Å². The minimum atomic E-state index is -0.225. The first-order valence-electron chi connectivity index (χ1n) is 4.80. The highest BCUT2D eigenvalue weighted by Gasteiger charge is 1.98. The van der Waals surface area contributed by atoms with Crippen molar-refractivity contribution >= 4 is 5.69 Å². The first kappa shape index (κ1) is 11.0. The summed E-state index contributed by atoms with van der Waals surface area (Å²) in [7, 11) is 0. The van der Waals surface area contributed by atoms with Crippen LogP contribution in [0.2, 0.25) is 0 Å². The fourth-order valence-corrected chi connectivity index (χ4v) is 1.08. The molecule has 1 aromatic rings. The monoisotopic (exact) mass is 197 g/mol. The molecule has 0 heterocycles. The molecule has 0 aromatic heterocycles. The Morgan fingerprint density at radius 3 is 2.71 bits per heavy atom. The Bertz CT molecular complexity index is 276. The van der Waals surface area contributed by atoms with Crippen molar-refractivity contribution in [1.29, 1.82) is 0 Å². The van der Waals surface area contributed by atoms with Crippen LogP contribution in [0.5, 0.6) is 0 Å². The first-order chi connectivity index (χ1) is 6.70. The van der Waals surface area contributed by atoms with Gasteiger partial charge >= 0.3 is 0 Å². The molecule has 1 N–H and O–H groups in total. The number of hydrogen-bond acceptors (Lipinski definition) is 2. The summed E-state index contributed by atoms with van der Waals surface area (Å²) in [4.78, 5) is 0. The number of para-hydroxylation sites is 1. The van der Waals surface area contributed by atoms with Gasteiger partial charge in [0.15, 0.2) is 0 Å². The average Bonchev–Trinajstić information content (AvgIpc) is 2.15. The molecule has 0 radical (unpaired) electrons. The number of halogens is 1. The highest BCUT2D eigenvalue weighted by Crippen LogP contribution is 2.11. The zero-order valence-electron chi connectivity index (χ0n) is 8.59. The van der Waals surface area contributed by atoms with Crippen molar-refractivity contribution in [2.45, 2.75) is 20.0 Å². The lowest BCUT2D eigenvalue weighted by molar-refractivity contribution is 0.0870. The van der Waals surface area contributed by atoms with Gasteiger partial charge < -0.3 is 10.1 Å². The van der Waals surface area contributed by atoms with E-state index in [1.165, 1.54) is 6.07 Å². The minimum Gasteiger partial charge on any atom is -0.380 e. The van der Waals surface area contributed by atoms with Gasteiger partial charge in [-0.25, -0.2) is 4.39 Å². The van der Waals surface area contributed by atoms with Gasteiger partial charge in [-0.15, -0.1) is 0 Å². The normalized spacial score (nSPS) is 10.6. The third-order valence-electron chi connectivity index (χ3n) is 1.74. The predicted molar refractivity (Wildman–Crippen MR) is 56.0 cm³/mol. The van der Waals surface area contributed by atoms with Crippen molar-refractivity contribution in [2.75, 3.05) is 18.5 Å². The summed E-state index contributed by atoms with van der Waals surface area (Å²) in [6, 6.07) is 6.62. The van der Waals surface area contributed by atoms with E-state index in [4.69, 9.17) is 4.74 Å². The molecular weight excluding hydrogens is 181 g/mol. The number of rotatable bonds is 5. The lowest BCUT2D eigenvalue weighted by Crippen LogP contribution is -2.13. The molecule has 0 amide bonds. The van der Waals surface area contributed by atoms with Crippen LogP contribution in [0.25, 0.3) is 0 Å². The van der Waals surface area contributed by atoms with Crippen LogP contribution in [0.15, 0.2) is 24.3 Å². The Morgan fingerprint density at radius 2 is 2.07 bits per heavy atom. The van der Waals surface area contributed by atoms with Crippen molar-refractivity contribution in [3.05, 3.63) is 30.1 Å². The summed E-state index contributed by atoms with van der Waals surface area (Å²) < 4.78 is 18.4. The molecular formula is C11H16FNO. The average molecular weight is 197 g/mol. The Labute approximate surface area is 84.1 Å². The van der Waals surface area contributed by atoms with Gasteiger partial charge in [-0.2, -0.15) is 0 Å². The summed E-state index contributed by atoms with van der Waals surface area (Å²) in [5.74, 6) is -0.225. The molecule has 0 bridgehead atoms. The minimum absolute atomic E-state index is 0.220. The summed E-state index contributed by atoms with van der Waals surface area (Å²) >= 11 is 0. The topological polar surface area (TPSA) is 21.3 Å². The number of nitrogens with one attached hydrogen (secondary N) is 1. The van der Waals surface area contributed by atoms with Gasteiger partial charge in [-0.05, 0) is 26.0 Å². The second-order valence-corrected chi connectivity index (χ2v) is 3.33.